The number of hydrogen-bond donors (Lipinski definition) is 0. The van der Waals surface area contributed by atoms with Crippen LogP contribution < -0.4 is 0 Å². The fourth-order valence-electron chi connectivity index (χ4n) is 2.24. The third-order valence-electron chi connectivity index (χ3n) is 3.08. The van der Waals surface area contributed by atoms with E-state index in [1.54, 1.807) is 36.4 Å². The molecule has 0 aliphatic heterocycles. The Morgan fingerprint density at radius 3 is 2.43 bits per heavy atom. The highest BCUT2D eigenvalue weighted by atomic mass is 35.5. The summed E-state index contributed by atoms with van der Waals surface area (Å²) in [5.74, 6) is 0.904. The SMILES string of the molecule is N#Cc1ccc2nc(CCl)n(-c3cc(Cl)cc(Cl)c3)c2c1. The van der Waals surface area contributed by atoms with E-state index in [1.165, 1.54) is 0 Å². The van der Waals surface area contributed by atoms with Gasteiger partial charge in [-0.05, 0) is 36.4 Å². The van der Waals surface area contributed by atoms with Crippen LogP contribution in [0, 0.1) is 11.3 Å². The van der Waals surface area contributed by atoms with Gasteiger partial charge >= 0.3 is 0 Å². The third-order valence-corrected chi connectivity index (χ3v) is 3.75. The Morgan fingerprint density at radius 1 is 1.10 bits per heavy atom. The van der Waals surface area contributed by atoms with E-state index in [9.17, 15) is 0 Å². The van der Waals surface area contributed by atoms with Crippen LogP contribution in [0.1, 0.15) is 11.4 Å². The van der Waals surface area contributed by atoms with Crippen LogP contribution in [0.2, 0.25) is 10.0 Å². The lowest BCUT2D eigenvalue weighted by Crippen LogP contribution is -1.99. The van der Waals surface area contributed by atoms with E-state index in [4.69, 9.17) is 40.1 Å². The first kappa shape index (κ1) is 14.2. The molecule has 104 valence electrons. The second-order valence-corrected chi connectivity index (χ2v) is 5.58. The van der Waals surface area contributed by atoms with E-state index in [0.717, 1.165) is 16.7 Å². The summed E-state index contributed by atoms with van der Waals surface area (Å²) in [5, 5.41) is 10.1. The molecule has 0 unspecified atom stereocenters. The van der Waals surface area contributed by atoms with E-state index in [-0.39, 0.29) is 5.88 Å². The second-order valence-electron chi connectivity index (χ2n) is 4.44. The maximum Gasteiger partial charge on any atom is 0.129 e. The standard InChI is InChI=1S/C15H8Cl3N3/c16-7-15-20-13-2-1-9(8-19)3-14(13)21(15)12-5-10(17)4-11(18)6-12/h1-6H,7H2. The van der Waals surface area contributed by atoms with Crippen molar-refractivity contribution in [1.82, 2.24) is 9.55 Å². The topological polar surface area (TPSA) is 41.6 Å². The lowest BCUT2D eigenvalue weighted by molar-refractivity contribution is 0.982. The van der Waals surface area contributed by atoms with E-state index >= 15 is 0 Å². The van der Waals surface area contributed by atoms with Gasteiger partial charge in [0.1, 0.15) is 5.82 Å². The van der Waals surface area contributed by atoms with E-state index < -0.39 is 0 Å². The fraction of sp³-hybridized carbons (Fsp3) is 0.0667. The van der Waals surface area contributed by atoms with Gasteiger partial charge in [0.2, 0.25) is 0 Å². The molecule has 0 aliphatic carbocycles. The normalized spacial score (nSPS) is 10.8. The molecule has 0 N–H and O–H groups in total. The molecule has 0 aliphatic rings. The Hall–Kier alpha value is -1.73. The van der Waals surface area contributed by atoms with Crippen molar-refractivity contribution < 1.29 is 0 Å². The van der Waals surface area contributed by atoms with E-state index in [2.05, 4.69) is 11.1 Å². The summed E-state index contributed by atoms with van der Waals surface area (Å²) >= 11 is 18.1. The molecule has 0 saturated carbocycles. The first-order valence-electron chi connectivity index (χ1n) is 6.06. The van der Waals surface area contributed by atoms with Crippen molar-refractivity contribution in [2.45, 2.75) is 5.88 Å². The minimum Gasteiger partial charge on any atom is -0.295 e. The average Bonchev–Trinajstić information content (AvgIpc) is 2.83. The Bertz CT molecular complexity index is 857. The van der Waals surface area contributed by atoms with Gasteiger partial charge in [-0.1, -0.05) is 23.2 Å². The van der Waals surface area contributed by atoms with Crippen molar-refractivity contribution in [3.8, 4) is 11.8 Å². The molecule has 0 fully saturated rings. The number of alkyl halides is 1. The van der Waals surface area contributed by atoms with Crippen LogP contribution in [0.4, 0.5) is 0 Å². The number of nitriles is 1. The predicted molar refractivity (Wildman–Crippen MR) is 85.4 cm³/mol. The molecule has 1 aromatic heterocycles. The van der Waals surface area contributed by atoms with Gasteiger partial charge in [0.15, 0.2) is 0 Å². The van der Waals surface area contributed by atoms with Gasteiger partial charge in [0.25, 0.3) is 0 Å². The molecule has 3 nitrogen and oxygen atoms in total. The number of halogens is 3. The van der Waals surface area contributed by atoms with Gasteiger partial charge in [-0.15, -0.1) is 11.6 Å². The van der Waals surface area contributed by atoms with Gasteiger partial charge in [0.05, 0.1) is 34.2 Å². The Balaban J connectivity index is 2.36. The molecule has 1 heterocycles. The quantitative estimate of drug-likeness (QED) is 0.622. The molecule has 0 spiro atoms. The molecule has 21 heavy (non-hydrogen) atoms. The van der Waals surface area contributed by atoms with Crippen LogP contribution in [0.25, 0.3) is 16.7 Å². The number of benzene rings is 2. The summed E-state index contributed by atoms with van der Waals surface area (Å²) in [4.78, 5) is 4.48. The Labute approximate surface area is 136 Å². The molecule has 6 heteroatoms. The highest BCUT2D eigenvalue weighted by Gasteiger charge is 2.13. The van der Waals surface area contributed by atoms with Gasteiger partial charge in [0, 0.05) is 10.0 Å². The van der Waals surface area contributed by atoms with Crippen LogP contribution in [-0.2, 0) is 5.88 Å². The highest BCUT2D eigenvalue weighted by molar-refractivity contribution is 6.34. The largest absolute Gasteiger partial charge is 0.295 e. The van der Waals surface area contributed by atoms with Gasteiger partial charge in [-0.2, -0.15) is 5.26 Å². The summed E-state index contributed by atoms with van der Waals surface area (Å²) in [5.41, 5.74) is 2.88. The summed E-state index contributed by atoms with van der Waals surface area (Å²) < 4.78 is 1.86. The van der Waals surface area contributed by atoms with Crippen LogP contribution in [0.15, 0.2) is 36.4 Å². The van der Waals surface area contributed by atoms with Gasteiger partial charge < -0.3 is 0 Å². The number of fused-ring (bicyclic) bond motifs is 1. The zero-order valence-corrected chi connectivity index (χ0v) is 12.9. The number of imidazole rings is 1. The Kier molecular flexibility index (Phi) is 3.77. The van der Waals surface area contributed by atoms with Gasteiger partial charge in [-0.25, -0.2) is 4.98 Å². The predicted octanol–water partition coefficient (Wildman–Crippen LogP) is 4.94. The fourth-order valence-corrected chi connectivity index (χ4v) is 2.93. The smallest absolute Gasteiger partial charge is 0.129 e. The zero-order chi connectivity index (χ0) is 15.0. The molecule has 0 amide bonds. The summed E-state index contributed by atoms with van der Waals surface area (Å²) in [6.07, 6.45) is 0. The number of rotatable bonds is 2. The average molecular weight is 337 g/mol. The Morgan fingerprint density at radius 2 is 1.81 bits per heavy atom. The third kappa shape index (κ3) is 2.58. The van der Waals surface area contributed by atoms with Crippen molar-refractivity contribution in [3.63, 3.8) is 0 Å². The van der Waals surface area contributed by atoms with Crippen molar-refractivity contribution >= 4 is 45.8 Å². The van der Waals surface area contributed by atoms with Crippen LogP contribution in [-0.4, -0.2) is 9.55 Å². The number of aromatic nitrogens is 2. The molecule has 0 atom stereocenters. The number of hydrogen-bond acceptors (Lipinski definition) is 2. The highest BCUT2D eigenvalue weighted by Crippen LogP contribution is 2.28. The molecule has 0 saturated heterocycles. The van der Waals surface area contributed by atoms with E-state index in [1.807, 2.05) is 4.57 Å². The summed E-state index contributed by atoms with van der Waals surface area (Å²) in [6, 6.07) is 12.6. The summed E-state index contributed by atoms with van der Waals surface area (Å²) in [6.45, 7) is 0. The van der Waals surface area contributed by atoms with Crippen LogP contribution >= 0.6 is 34.8 Å². The van der Waals surface area contributed by atoms with E-state index in [0.29, 0.717) is 21.4 Å². The number of nitrogens with zero attached hydrogens (tertiary/aromatic N) is 3. The lowest BCUT2D eigenvalue weighted by Gasteiger charge is -2.09. The van der Waals surface area contributed by atoms with Gasteiger partial charge in [-0.3, -0.25) is 4.57 Å². The van der Waals surface area contributed by atoms with Crippen LogP contribution in [0.3, 0.4) is 0 Å². The molecule has 0 radical (unpaired) electrons. The maximum absolute atomic E-state index is 9.06. The molecule has 2 aromatic carbocycles. The van der Waals surface area contributed by atoms with Crippen molar-refractivity contribution in [1.29, 1.82) is 5.26 Å². The maximum atomic E-state index is 9.06. The first-order chi connectivity index (χ1) is 10.1. The van der Waals surface area contributed by atoms with Crippen molar-refractivity contribution in [3.05, 3.63) is 57.8 Å². The van der Waals surface area contributed by atoms with Crippen molar-refractivity contribution in [2.75, 3.05) is 0 Å². The molecular formula is C15H8Cl3N3. The molecule has 3 rings (SSSR count). The molecule has 3 aromatic rings. The van der Waals surface area contributed by atoms with Crippen LogP contribution in [0.5, 0.6) is 0 Å². The molecule has 0 bridgehead atoms. The monoisotopic (exact) mass is 335 g/mol. The second kappa shape index (κ2) is 5.57. The lowest BCUT2D eigenvalue weighted by atomic mass is 10.2. The molecular weight excluding hydrogens is 329 g/mol. The summed E-state index contributed by atoms with van der Waals surface area (Å²) in [7, 11) is 0. The zero-order valence-electron chi connectivity index (χ0n) is 10.6. The minimum atomic E-state index is 0.237. The first-order valence-corrected chi connectivity index (χ1v) is 7.35. The van der Waals surface area contributed by atoms with Crippen molar-refractivity contribution in [2.24, 2.45) is 0 Å². The minimum absolute atomic E-state index is 0.237.